The topological polar surface area (TPSA) is 33.3 Å². The van der Waals surface area contributed by atoms with Crippen molar-refractivity contribution in [3.63, 3.8) is 0 Å². The van der Waals surface area contributed by atoms with Crippen LogP contribution < -0.4 is 10.6 Å². The predicted molar refractivity (Wildman–Crippen MR) is 72.5 cm³/mol. The minimum Gasteiger partial charge on any atom is -0.380 e. The van der Waals surface area contributed by atoms with Gasteiger partial charge >= 0.3 is 0 Å². The van der Waals surface area contributed by atoms with E-state index in [2.05, 4.69) is 34.9 Å². The fourth-order valence-corrected chi connectivity index (χ4v) is 2.99. The van der Waals surface area contributed by atoms with E-state index in [1.165, 1.54) is 24.0 Å². The molecule has 3 nitrogen and oxygen atoms in total. The van der Waals surface area contributed by atoms with Gasteiger partial charge in [0.2, 0.25) is 0 Å². The molecule has 2 aliphatic heterocycles. The number of nitrogens with one attached hydrogen (secondary N) is 2. The number of hydrogen-bond acceptors (Lipinski definition) is 3. The monoisotopic (exact) mass is 246 g/mol. The van der Waals surface area contributed by atoms with Gasteiger partial charge in [-0.15, -0.1) is 0 Å². The van der Waals surface area contributed by atoms with E-state index < -0.39 is 0 Å². The molecule has 0 amide bonds. The van der Waals surface area contributed by atoms with Gasteiger partial charge < -0.3 is 15.4 Å². The Kier molecular flexibility index (Phi) is 3.93. The Labute approximate surface area is 109 Å². The molecule has 1 fully saturated rings. The van der Waals surface area contributed by atoms with Crippen molar-refractivity contribution < 1.29 is 4.74 Å². The molecule has 2 N–H and O–H groups in total. The van der Waals surface area contributed by atoms with E-state index in [-0.39, 0.29) is 0 Å². The van der Waals surface area contributed by atoms with Gasteiger partial charge in [0.1, 0.15) is 0 Å². The van der Waals surface area contributed by atoms with Crippen LogP contribution in [0.3, 0.4) is 0 Å². The molecule has 0 saturated carbocycles. The van der Waals surface area contributed by atoms with Gasteiger partial charge in [0.15, 0.2) is 0 Å². The van der Waals surface area contributed by atoms with Gasteiger partial charge in [-0.1, -0.05) is 24.3 Å². The number of ether oxygens (including phenoxy) is 1. The zero-order chi connectivity index (χ0) is 12.2. The van der Waals surface area contributed by atoms with E-state index in [0.29, 0.717) is 12.1 Å². The van der Waals surface area contributed by atoms with E-state index in [0.717, 1.165) is 32.7 Å². The molecule has 2 heterocycles. The average Bonchev–Trinajstić information content (AvgIpc) is 2.63. The second kappa shape index (κ2) is 5.83. The Bertz CT molecular complexity index is 388. The average molecular weight is 246 g/mol. The third-order valence-electron chi connectivity index (χ3n) is 3.95. The highest BCUT2D eigenvalue weighted by Gasteiger charge is 2.22. The fraction of sp³-hybridized carbons (Fsp3) is 0.600. The summed E-state index contributed by atoms with van der Waals surface area (Å²) in [6, 6.07) is 9.78. The summed E-state index contributed by atoms with van der Waals surface area (Å²) in [6.07, 6.45) is 3.59. The normalized spacial score (nSPS) is 28.4. The minimum atomic E-state index is 0.475. The maximum atomic E-state index is 5.56. The van der Waals surface area contributed by atoms with Gasteiger partial charge in [0.25, 0.3) is 0 Å². The van der Waals surface area contributed by atoms with E-state index in [1.54, 1.807) is 0 Å². The summed E-state index contributed by atoms with van der Waals surface area (Å²) in [6.45, 7) is 3.88. The zero-order valence-electron chi connectivity index (χ0n) is 10.8. The van der Waals surface area contributed by atoms with Crippen molar-refractivity contribution >= 4 is 0 Å². The Balaban J connectivity index is 1.74. The molecule has 2 atom stereocenters. The van der Waals surface area contributed by atoms with E-state index in [1.807, 2.05) is 0 Å². The van der Waals surface area contributed by atoms with Crippen LogP contribution in [0.2, 0.25) is 0 Å². The molecule has 0 aromatic heterocycles. The smallest absolute Gasteiger partial charge is 0.0619 e. The lowest BCUT2D eigenvalue weighted by Gasteiger charge is -2.28. The van der Waals surface area contributed by atoms with Crippen LogP contribution in [0.25, 0.3) is 0 Å². The summed E-state index contributed by atoms with van der Waals surface area (Å²) >= 11 is 0. The molecule has 1 saturated heterocycles. The molecular weight excluding hydrogens is 224 g/mol. The maximum absolute atomic E-state index is 5.56. The third kappa shape index (κ3) is 2.74. The number of rotatable bonds is 2. The quantitative estimate of drug-likeness (QED) is 0.837. The lowest BCUT2D eigenvalue weighted by molar-refractivity contribution is 0.0659. The molecule has 1 aromatic rings. The summed E-state index contributed by atoms with van der Waals surface area (Å²) in [5, 5.41) is 7.29. The number of hydrogen-bond donors (Lipinski definition) is 2. The molecule has 3 rings (SSSR count). The van der Waals surface area contributed by atoms with E-state index >= 15 is 0 Å². The van der Waals surface area contributed by atoms with Crippen molar-refractivity contribution in [2.45, 2.75) is 37.9 Å². The van der Waals surface area contributed by atoms with Crippen molar-refractivity contribution in [1.29, 1.82) is 0 Å². The van der Waals surface area contributed by atoms with Crippen LogP contribution in [0.15, 0.2) is 24.3 Å². The van der Waals surface area contributed by atoms with E-state index in [4.69, 9.17) is 4.74 Å². The fourth-order valence-electron chi connectivity index (χ4n) is 2.99. The van der Waals surface area contributed by atoms with Crippen LogP contribution in [0, 0.1) is 0 Å². The first kappa shape index (κ1) is 12.2. The molecule has 98 valence electrons. The lowest BCUT2D eigenvalue weighted by atomic mass is 9.97. The first-order valence-electron chi connectivity index (χ1n) is 7.06. The van der Waals surface area contributed by atoms with Crippen LogP contribution in [0.1, 0.15) is 36.4 Å². The Morgan fingerprint density at radius 2 is 2.17 bits per heavy atom. The van der Waals surface area contributed by atoms with Gasteiger partial charge in [0, 0.05) is 25.2 Å². The first-order valence-corrected chi connectivity index (χ1v) is 7.06. The highest BCUT2D eigenvalue weighted by atomic mass is 16.5. The standard InChI is InChI=1S/C15H22N2O/c1-2-6-14-12(4-1)10-16-8-7-15(14)17-13-5-3-9-18-11-13/h1-2,4,6,13,15-17H,3,5,7-11H2. The maximum Gasteiger partial charge on any atom is 0.0619 e. The summed E-state index contributed by atoms with van der Waals surface area (Å²) in [5.74, 6) is 0. The Morgan fingerprint density at radius 1 is 1.22 bits per heavy atom. The van der Waals surface area contributed by atoms with Crippen molar-refractivity contribution in [2.75, 3.05) is 19.8 Å². The summed E-state index contributed by atoms with van der Waals surface area (Å²) < 4.78 is 5.56. The van der Waals surface area contributed by atoms with Gasteiger partial charge in [0.05, 0.1) is 6.61 Å². The largest absolute Gasteiger partial charge is 0.380 e. The highest BCUT2D eigenvalue weighted by molar-refractivity contribution is 5.31. The van der Waals surface area contributed by atoms with Crippen LogP contribution in [-0.4, -0.2) is 25.8 Å². The number of benzene rings is 1. The molecule has 0 spiro atoms. The Morgan fingerprint density at radius 3 is 3.06 bits per heavy atom. The van der Waals surface area contributed by atoms with Crippen molar-refractivity contribution in [3.05, 3.63) is 35.4 Å². The molecule has 2 unspecified atom stereocenters. The van der Waals surface area contributed by atoms with Crippen LogP contribution >= 0.6 is 0 Å². The number of fused-ring (bicyclic) bond motifs is 1. The zero-order valence-corrected chi connectivity index (χ0v) is 10.8. The lowest BCUT2D eigenvalue weighted by Crippen LogP contribution is -2.39. The molecule has 1 aromatic carbocycles. The molecule has 18 heavy (non-hydrogen) atoms. The van der Waals surface area contributed by atoms with E-state index in [9.17, 15) is 0 Å². The van der Waals surface area contributed by atoms with Crippen LogP contribution in [-0.2, 0) is 11.3 Å². The van der Waals surface area contributed by atoms with Gasteiger partial charge in [-0.25, -0.2) is 0 Å². The minimum absolute atomic E-state index is 0.475. The van der Waals surface area contributed by atoms with Crippen molar-refractivity contribution in [3.8, 4) is 0 Å². The molecule has 0 radical (unpaired) electrons. The molecule has 2 aliphatic rings. The Hall–Kier alpha value is -0.900. The second-order valence-electron chi connectivity index (χ2n) is 5.30. The molecule has 0 bridgehead atoms. The molecule has 0 aliphatic carbocycles. The molecule has 3 heteroatoms. The first-order chi connectivity index (χ1) is 8.93. The van der Waals surface area contributed by atoms with Gasteiger partial charge in [-0.3, -0.25) is 0 Å². The summed E-state index contributed by atoms with van der Waals surface area (Å²) in [5.41, 5.74) is 2.90. The third-order valence-corrected chi connectivity index (χ3v) is 3.95. The SMILES string of the molecule is c1ccc2c(c1)CNCCC2NC1CCCOC1. The summed E-state index contributed by atoms with van der Waals surface area (Å²) in [7, 11) is 0. The van der Waals surface area contributed by atoms with Gasteiger partial charge in [-0.2, -0.15) is 0 Å². The van der Waals surface area contributed by atoms with Crippen LogP contribution in [0.5, 0.6) is 0 Å². The predicted octanol–water partition coefficient (Wildman–Crippen LogP) is 1.99. The van der Waals surface area contributed by atoms with Crippen molar-refractivity contribution in [2.24, 2.45) is 0 Å². The van der Waals surface area contributed by atoms with Crippen molar-refractivity contribution in [1.82, 2.24) is 10.6 Å². The second-order valence-corrected chi connectivity index (χ2v) is 5.30. The highest BCUT2D eigenvalue weighted by Crippen LogP contribution is 2.24. The van der Waals surface area contributed by atoms with Gasteiger partial charge in [-0.05, 0) is 36.9 Å². The van der Waals surface area contributed by atoms with Crippen LogP contribution in [0.4, 0.5) is 0 Å². The molecular formula is C15H22N2O. The summed E-state index contributed by atoms with van der Waals surface area (Å²) in [4.78, 5) is 0.